The Labute approximate surface area is 129 Å². The summed E-state index contributed by atoms with van der Waals surface area (Å²) in [7, 11) is -3.18. The second-order valence-corrected chi connectivity index (χ2v) is 7.18. The van der Waals surface area contributed by atoms with E-state index in [0.29, 0.717) is 16.7 Å². The van der Waals surface area contributed by atoms with E-state index in [1.165, 1.54) is 0 Å². The van der Waals surface area contributed by atoms with E-state index in [-0.39, 0.29) is 17.7 Å². The van der Waals surface area contributed by atoms with Gasteiger partial charge in [0.1, 0.15) is 5.82 Å². The predicted molar refractivity (Wildman–Crippen MR) is 85.2 cm³/mol. The van der Waals surface area contributed by atoms with Crippen LogP contribution in [0.25, 0.3) is 0 Å². The molecule has 7 nitrogen and oxygen atoms in total. The number of nitrogens with two attached hydrogens (primary N) is 1. The lowest BCUT2D eigenvalue weighted by molar-refractivity contribution is 0.597. The Kier molecular flexibility index (Phi) is 4.60. The summed E-state index contributed by atoms with van der Waals surface area (Å²) < 4.78 is 23.6. The first-order valence-electron chi connectivity index (χ1n) is 6.89. The smallest absolute Gasteiger partial charge is 0.228 e. The molecule has 2 aromatic rings. The van der Waals surface area contributed by atoms with Crippen molar-refractivity contribution in [3.63, 3.8) is 0 Å². The lowest BCUT2D eigenvalue weighted by atomic mass is 10.1. The van der Waals surface area contributed by atoms with Crippen LogP contribution in [-0.4, -0.2) is 29.1 Å². The van der Waals surface area contributed by atoms with Gasteiger partial charge in [-0.1, -0.05) is 19.1 Å². The first-order chi connectivity index (χ1) is 10.3. The van der Waals surface area contributed by atoms with Crippen LogP contribution in [0.4, 0.5) is 11.9 Å². The molecule has 0 fully saturated rings. The number of rotatable bonds is 5. The van der Waals surface area contributed by atoms with Crippen molar-refractivity contribution < 1.29 is 8.42 Å². The standard InChI is InChI=1S/C14H19N5O2S/c1-4-22(20,21)12-7-5-11(6-8-12)9(2)16-14-18-10(3)17-13(15)19-14/h5-9H,4H2,1-3H3,(H3,15,16,17,18,19). The zero-order chi connectivity index (χ0) is 16.3. The van der Waals surface area contributed by atoms with Crippen LogP contribution < -0.4 is 11.1 Å². The Bertz CT molecular complexity index is 739. The SMILES string of the molecule is CCS(=O)(=O)c1ccc(C(C)Nc2nc(C)nc(N)n2)cc1. The number of aryl methyl sites for hydroxylation is 1. The Morgan fingerprint density at radius 1 is 1.18 bits per heavy atom. The number of nitrogen functional groups attached to an aromatic ring is 1. The highest BCUT2D eigenvalue weighted by Gasteiger charge is 2.13. The number of nitrogens with zero attached hydrogens (tertiary/aromatic N) is 3. The van der Waals surface area contributed by atoms with Crippen molar-refractivity contribution in [1.82, 2.24) is 15.0 Å². The van der Waals surface area contributed by atoms with Gasteiger partial charge in [-0.2, -0.15) is 15.0 Å². The normalized spacial score (nSPS) is 12.9. The molecular weight excluding hydrogens is 302 g/mol. The maximum atomic E-state index is 11.8. The molecule has 0 amide bonds. The number of nitrogens with one attached hydrogen (secondary N) is 1. The van der Waals surface area contributed by atoms with Gasteiger partial charge >= 0.3 is 0 Å². The number of sulfone groups is 1. The third-order valence-corrected chi connectivity index (χ3v) is 4.98. The summed E-state index contributed by atoms with van der Waals surface area (Å²) in [5.74, 6) is 1.17. The first-order valence-corrected chi connectivity index (χ1v) is 8.54. The van der Waals surface area contributed by atoms with Crippen molar-refractivity contribution >= 4 is 21.7 Å². The second kappa shape index (κ2) is 6.27. The second-order valence-electron chi connectivity index (χ2n) is 4.90. The van der Waals surface area contributed by atoms with Gasteiger partial charge in [0, 0.05) is 0 Å². The van der Waals surface area contributed by atoms with Crippen molar-refractivity contribution in [2.45, 2.75) is 31.7 Å². The van der Waals surface area contributed by atoms with Gasteiger partial charge in [0.15, 0.2) is 9.84 Å². The minimum absolute atomic E-state index is 0.0869. The van der Waals surface area contributed by atoms with Crippen LogP contribution in [0, 0.1) is 6.92 Å². The maximum Gasteiger partial charge on any atom is 0.228 e. The fraction of sp³-hybridized carbons (Fsp3) is 0.357. The average molecular weight is 321 g/mol. The van der Waals surface area contributed by atoms with Gasteiger partial charge in [-0.15, -0.1) is 0 Å². The van der Waals surface area contributed by atoms with E-state index in [9.17, 15) is 8.42 Å². The first kappa shape index (κ1) is 16.2. The molecule has 0 bridgehead atoms. The van der Waals surface area contributed by atoms with Gasteiger partial charge in [0.25, 0.3) is 0 Å². The van der Waals surface area contributed by atoms with Gasteiger partial charge in [-0.25, -0.2) is 8.42 Å². The van der Waals surface area contributed by atoms with Crippen molar-refractivity contribution in [3.8, 4) is 0 Å². The monoisotopic (exact) mass is 321 g/mol. The molecule has 1 atom stereocenters. The highest BCUT2D eigenvalue weighted by atomic mass is 32.2. The fourth-order valence-corrected chi connectivity index (χ4v) is 2.86. The zero-order valence-corrected chi connectivity index (χ0v) is 13.6. The Morgan fingerprint density at radius 3 is 2.36 bits per heavy atom. The molecule has 0 spiro atoms. The van der Waals surface area contributed by atoms with E-state index in [0.717, 1.165) is 5.56 Å². The average Bonchev–Trinajstić information content (AvgIpc) is 2.46. The van der Waals surface area contributed by atoms with Crippen molar-refractivity contribution in [2.24, 2.45) is 0 Å². The van der Waals surface area contributed by atoms with E-state index in [1.807, 2.05) is 6.92 Å². The Morgan fingerprint density at radius 2 is 1.82 bits per heavy atom. The van der Waals surface area contributed by atoms with Crippen LogP contribution in [0.2, 0.25) is 0 Å². The number of hydrogen-bond donors (Lipinski definition) is 2. The summed E-state index contributed by atoms with van der Waals surface area (Å²) in [5.41, 5.74) is 6.51. The largest absolute Gasteiger partial charge is 0.368 e. The molecule has 8 heteroatoms. The molecule has 22 heavy (non-hydrogen) atoms. The van der Waals surface area contributed by atoms with Crippen LogP contribution in [0.5, 0.6) is 0 Å². The molecule has 0 aliphatic rings. The van der Waals surface area contributed by atoms with E-state index >= 15 is 0 Å². The summed E-state index contributed by atoms with van der Waals surface area (Å²) in [5, 5.41) is 3.12. The highest BCUT2D eigenvalue weighted by molar-refractivity contribution is 7.91. The zero-order valence-electron chi connectivity index (χ0n) is 12.7. The topological polar surface area (TPSA) is 111 Å². The van der Waals surface area contributed by atoms with Gasteiger partial charge in [0.2, 0.25) is 11.9 Å². The summed E-state index contributed by atoms with van der Waals surface area (Å²) in [6.07, 6.45) is 0. The molecule has 1 aromatic heterocycles. The van der Waals surface area contributed by atoms with Crippen molar-refractivity contribution in [2.75, 3.05) is 16.8 Å². The molecule has 1 aromatic carbocycles. The van der Waals surface area contributed by atoms with E-state index in [2.05, 4.69) is 20.3 Å². The van der Waals surface area contributed by atoms with Crippen LogP contribution in [0.15, 0.2) is 29.2 Å². The molecular formula is C14H19N5O2S. The molecule has 2 rings (SSSR count). The fourth-order valence-electron chi connectivity index (χ4n) is 1.97. The van der Waals surface area contributed by atoms with Crippen molar-refractivity contribution in [1.29, 1.82) is 0 Å². The molecule has 0 radical (unpaired) electrons. The number of benzene rings is 1. The van der Waals surface area contributed by atoms with E-state index in [1.54, 1.807) is 38.1 Å². The lowest BCUT2D eigenvalue weighted by Gasteiger charge is -2.15. The third-order valence-electron chi connectivity index (χ3n) is 3.23. The molecule has 0 saturated heterocycles. The summed E-state index contributed by atoms with van der Waals surface area (Å²) in [4.78, 5) is 12.4. The molecule has 1 unspecified atom stereocenters. The molecule has 1 heterocycles. The molecule has 0 aliphatic heterocycles. The molecule has 0 aliphatic carbocycles. The quantitative estimate of drug-likeness (QED) is 0.862. The minimum Gasteiger partial charge on any atom is -0.368 e. The summed E-state index contributed by atoms with van der Waals surface area (Å²) in [6, 6.07) is 6.67. The number of anilines is 2. The molecule has 0 saturated carbocycles. The lowest BCUT2D eigenvalue weighted by Crippen LogP contribution is -2.12. The minimum atomic E-state index is -3.18. The maximum absolute atomic E-state index is 11.8. The summed E-state index contributed by atoms with van der Waals surface area (Å²) in [6.45, 7) is 5.29. The third kappa shape index (κ3) is 3.70. The van der Waals surface area contributed by atoms with Gasteiger partial charge in [-0.3, -0.25) is 0 Å². The highest BCUT2D eigenvalue weighted by Crippen LogP contribution is 2.20. The van der Waals surface area contributed by atoms with Crippen molar-refractivity contribution in [3.05, 3.63) is 35.7 Å². The van der Waals surface area contributed by atoms with Gasteiger partial charge in [-0.05, 0) is 31.5 Å². The van der Waals surface area contributed by atoms with Gasteiger partial charge in [0.05, 0.1) is 16.7 Å². The predicted octanol–water partition coefficient (Wildman–Crippen LogP) is 1.73. The Hall–Kier alpha value is -2.22. The number of aromatic nitrogens is 3. The van der Waals surface area contributed by atoms with Gasteiger partial charge < -0.3 is 11.1 Å². The van der Waals surface area contributed by atoms with Crippen LogP contribution in [-0.2, 0) is 9.84 Å². The Balaban J connectivity index is 2.18. The van der Waals surface area contributed by atoms with E-state index < -0.39 is 9.84 Å². The molecule has 118 valence electrons. The number of hydrogen-bond acceptors (Lipinski definition) is 7. The van der Waals surface area contributed by atoms with Crippen LogP contribution in [0.1, 0.15) is 31.3 Å². The van der Waals surface area contributed by atoms with Crippen LogP contribution in [0.3, 0.4) is 0 Å². The molecule has 3 N–H and O–H groups in total. The van der Waals surface area contributed by atoms with Crippen LogP contribution >= 0.6 is 0 Å². The summed E-state index contributed by atoms with van der Waals surface area (Å²) >= 11 is 0. The van der Waals surface area contributed by atoms with E-state index in [4.69, 9.17) is 5.73 Å².